The second-order valence-corrected chi connectivity index (χ2v) is 4.55. The minimum atomic E-state index is -1.95. The normalized spacial score (nSPS) is 13.7. The number of carbonyl (C=O) groups excluding carboxylic acids is 3. The lowest BCUT2D eigenvalue weighted by molar-refractivity contribution is -0.144. The molecule has 0 amide bonds. The van der Waals surface area contributed by atoms with Gasteiger partial charge in [0.25, 0.3) is 0 Å². The van der Waals surface area contributed by atoms with Gasteiger partial charge in [-0.3, -0.25) is 0 Å². The molecular formula is C15H17NO7. The van der Waals surface area contributed by atoms with E-state index >= 15 is 0 Å². The minimum absolute atomic E-state index is 0.0490. The van der Waals surface area contributed by atoms with E-state index < -0.39 is 23.6 Å². The van der Waals surface area contributed by atoms with Gasteiger partial charge in [0, 0.05) is 6.08 Å². The van der Waals surface area contributed by atoms with E-state index in [0.29, 0.717) is 0 Å². The molecule has 0 aliphatic carbocycles. The lowest BCUT2D eigenvalue weighted by atomic mass is 9.84. The summed E-state index contributed by atoms with van der Waals surface area (Å²) >= 11 is 0. The van der Waals surface area contributed by atoms with Crippen molar-refractivity contribution in [3.63, 3.8) is 0 Å². The number of nitrogens with two attached hydrogens (primary N) is 1. The highest BCUT2D eigenvalue weighted by molar-refractivity contribution is 5.94. The number of esters is 2. The third kappa shape index (κ3) is 4.07. The van der Waals surface area contributed by atoms with E-state index in [1.807, 2.05) is 0 Å². The molecule has 0 aliphatic heterocycles. The van der Waals surface area contributed by atoms with Gasteiger partial charge in [0.2, 0.25) is 0 Å². The first-order valence-electron chi connectivity index (χ1n) is 6.41. The third-order valence-corrected chi connectivity index (χ3v) is 3.14. The van der Waals surface area contributed by atoms with Crippen molar-refractivity contribution in [3.05, 3.63) is 41.5 Å². The topological polar surface area (TPSA) is 125 Å². The molecule has 1 atom stereocenters. The molecule has 1 aromatic carbocycles. The Labute approximate surface area is 132 Å². The number of phenols is 1. The minimum Gasteiger partial charge on any atom is -0.508 e. The van der Waals surface area contributed by atoms with Gasteiger partial charge in [0.1, 0.15) is 5.75 Å². The summed E-state index contributed by atoms with van der Waals surface area (Å²) in [5.41, 5.74) is 4.44. The van der Waals surface area contributed by atoms with E-state index in [9.17, 15) is 19.5 Å². The van der Waals surface area contributed by atoms with Crippen LogP contribution in [0.2, 0.25) is 0 Å². The van der Waals surface area contributed by atoms with Gasteiger partial charge in [-0.15, -0.1) is 0 Å². The molecule has 0 fully saturated rings. The summed E-state index contributed by atoms with van der Waals surface area (Å²) in [4.78, 5) is 34.9. The van der Waals surface area contributed by atoms with Crippen LogP contribution in [0, 0.1) is 0 Å². The molecule has 0 spiro atoms. The fraction of sp³-hybridized carbons (Fsp3) is 0.267. The lowest BCUT2D eigenvalue weighted by Crippen LogP contribution is -2.48. The highest BCUT2D eigenvalue weighted by atomic mass is 16.7. The van der Waals surface area contributed by atoms with Crippen molar-refractivity contribution in [2.75, 3.05) is 14.2 Å². The zero-order valence-electron chi connectivity index (χ0n) is 12.9. The summed E-state index contributed by atoms with van der Waals surface area (Å²) in [6, 6.07) is 5.33. The molecule has 0 aromatic heterocycles. The zero-order chi connectivity index (χ0) is 17.6. The van der Waals surface area contributed by atoms with Gasteiger partial charge in [0.05, 0.1) is 14.2 Å². The molecule has 1 unspecified atom stereocenters. The molecule has 1 aromatic rings. The summed E-state index contributed by atoms with van der Waals surface area (Å²) in [6.07, 6.45) is -0.236. The first kappa shape index (κ1) is 18.2. The highest BCUT2D eigenvalue weighted by Gasteiger charge is 2.41. The first-order valence-corrected chi connectivity index (χ1v) is 6.41. The van der Waals surface area contributed by atoms with E-state index in [-0.39, 0.29) is 16.9 Å². The van der Waals surface area contributed by atoms with Gasteiger partial charge in [0.15, 0.2) is 5.54 Å². The Bertz CT molecular complexity index is 636. The number of hydrogen-bond acceptors (Lipinski definition) is 8. The van der Waals surface area contributed by atoms with Crippen molar-refractivity contribution in [1.29, 1.82) is 0 Å². The van der Waals surface area contributed by atoms with Crippen LogP contribution in [0.3, 0.4) is 0 Å². The monoisotopic (exact) mass is 323 g/mol. The molecule has 0 bridgehead atoms. The van der Waals surface area contributed by atoms with E-state index in [1.165, 1.54) is 31.2 Å². The first-order chi connectivity index (χ1) is 10.7. The average molecular weight is 323 g/mol. The number of hydrogen-bond donors (Lipinski definition) is 2. The van der Waals surface area contributed by atoms with Crippen LogP contribution in [-0.4, -0.2) is 37.4 Å². The third-order valence-electron chi connectivity index (χ3n) is 3.14. The van der Waals surface area contributed by atoms with Gasteiger partial charge in [-0.25, -0.2) is 14.4 Å². The molecule has 124 valence electrons. The summed E-state index contributed by atoms with van der Waals surface area (Å²) in [7, 11) is 2.20. The summed E-state index contributed by atoms with van der Waals surface area (Å²) < 4.78 is 13.3. The molecule has 23 heavy (non-hydrogen) atoms. The van der Waals surface area contributed by atoms with Crippen molar-refractivity contribution in [1.82, 2.24) is 0 Å². The maximum atomic E-state index is 12.3. The number of ether oxygens (including phenoxy) is 3. The molecule has 0 heterocycles. The van der Waals surface area contributed by atoms with Crippen LogP contribution in [0.25, 0.3) is 0 Å². The molecule has 0 radical (unpaired) electrons. The van der Waals surface area contributed by atoms with Crippen LogP contribution in [0.15, 0.2) is 35.9 Å². The number of rotatable bonds is 4. The predicted molar refractivity (Wildman–Crippen MR) is 78.2 cm³/mol. The predicted octanol–water partition coefficient (Wildman–Crippen LogP) is 0.975. The van der Waals surface area contributed by atoms with E-state index in [4.69, 9.17) is 5.73 Å². The van der Waals surface area contributed by atoms with Gasteiger partial charge in [-0.05, 0) is 30.2 Å². The zero-order valence-corrected chi connectivity index (χ0v) is 12.9. The number of aromatic hydroxyl groups is 1. The Morgan fingerprint density at radius 2 is 1.70 bits per heavy atom. The lowest BCUT2D eigenvalue weighted by Gasteiger charge is -2.28. The average Bonchev–Trinajstić information content (AvgIpc) is 2.54. The maximum absolute atomic E-state index is 12.3. The van der Waals surface area contributed by atoms with Crippen molar-refractivity contribution >= 4 is 18.1 Å². The van der Waals surface area contributed by atoms with Crippen molar-refractivity contribution in [2.24, 2.45) is 5.73 Å². The number of benzene rings is 1. The highest BCUT2D eigenvalue weighted by Crippen LogP contribution is 2.29. The van der Waals surface area contributed by atoms with E-state index in [0.717, 1.165) is 20.3 Å². The Hall–Kier alpha value is -2.87. The van der Waals surface area contributed by atoms with Crippen LogP contribution in [0.5, 0.6) is 5.75 Å². The molecule has 0 saturated heterocycles. The summed E-state index contributed by atoms with van der Waals surface area (Å²) in [6.45, 7) is 1.41. The Morgan fingerprint density at radius 1 is 1.13 bits per heavy atom. The molecule has 0 aliphatic rings. The SMILES string of the molecule is COC(=O)C=C(C)C(N)(C(=O)OC(=O)OC)c1ccc(O)cc1. The number of phenolic OH excluding ortho intramolecular Hbond substituents is 1. The fourth-order valence-corrected chi connectivity index (χ4v) is 1.78. The number of methoxy groups -OCH3 is 2. The van der Waals surface area contributed by atoms with Crippen LogP contribution in [0.1, 0.15) is 12.5 Å². The van der Waals surface area contributed by atoms with Crippen LogP contribution in [0.4, 0.5) is 4.79 Å². The van der Waals surface area contributed by atoms with E-state index in [2.05, 4.69) is 14.2 Å². The molecule has 1 rings (SSSR count). The second-order valence-electron chi connectivity index (χ2n) is 4.55. The summed E-state index contributed by atoms with van der Waals surface area (Å²) in [5.74, 6) is -1.93. The van der Waals surface area contributed by atoms with Gasteiger partial charge in [-0.2, -0.15) is 0 Å². The van der Waals surface area contributed by atoms with Crippen LogP contribution < -0.4 is 5.73 Å². The van der Waals surface area contributed by atoms with Crippen LogP contribution in [-0.2, 0) is 29.3 Å². The summed E-state index contributed by atoms with van der Waals surface area (Å²) in [5, 5.41) is 9.35. The Balaban J connectivity index is 3.37. The Morgan fingerprint density at radius 3 is 2.17 bits per heavy atom. The molecule has 3 N–H and O–H groups in total. The maximum Gasteiger partial charge on any atom is 0.515 e. The van der Waals surface area contributed by atoms with Gasteiger partial charge in [-0.1, -0.05) is 12.1 Å². The van der Waals surface area contributed by atoms with Gasteiger partial charge >= 0.3 is 18.1 Å². The van der Waals surface area contributed by atoms with Crippen molar-refractivity contribution in [2.45, 2.75) is 12.5 Å². The fourth-order valence-electron chi connectivity index (χ4n) is 1.78. The quantitative estimate of drug-likeness (QED) is 0.477. The largest absolute Gasteiger partial charge is 0.515 e. The molecular weight excluding hydrogens is 306 g/mol. The smallest absolute Gasteiger partial charge is 0.508 e. The molecule has 8 heteroatoms. The van der Waals surface area contributed by atoms with Crippen molar-refractivity contribution in [3.8, 4) is 5.75 Å². The molecule has 0 saturated carbocycles. The second kappa shape index (κ2) is 7.41. The van der Waals surface area contributed by atoms with E-state index in [1.54, 1.807) is 0 Å². The number of carbonyl (C=O) groups is 3. The standard InChI is InChI=1S/C15H17NO7/c1-9(8-12(18)21-2)15(16,13(19)23-14(20)22-3)10-4-6-11(17)7-5-10/h4-8,17H,16H2,1-3H3. The van der Waals surface area contributed by atoms with Crippen LogP contribution >= 0.6 is 0 Å². The van der Waals surface area contributed by atoms with Crippen molar-refractivity contribution < 1.29 is 33.7 Å². The Kier molecular flexibility index (Phi) is 5.86. The van der Waals surface area contributed by atoms with Gasteiger partial charge < -0.3 is 25.1 Å². The molecule has 8 nitrogen and oxygen atoms in total.